The standard InChI is InChI=1S/C10H19FN2O2S/c11-10(3-1-8(12)5-10)7-13-9-2-4-16(14,15)6-9/h8-9,13H,1-7,12H2. The van der Waals surface area contributed by atoms with E-state index in [1.165, 1.54) is 0 Å². The van der Waals surface area contributed by atoms with Gasteiger partial charge in [0.05, 0.1) is 11.5 Å². The van der Waals surface area contributed by atoms with Crippen molar-refractivity contribution in [2.75, 3.05) is 18.1 Å². The monoisotopic (exact) mass is 250 g/mol. The second-order valence-electron chi connectivity index (χ2n) is 5.13. The summed E-state index contributed by atoms with van der Waals surface area (Å²) in [4.78, 5) is 0. The molecule has 1 aliphatic carbocycles. The number of nitrogens with one attached hydrogen (secondary N) is 1. The van der Waals surface area contributed by atoms with E-state index in [1.54, 1.807) is 0 Å². The molecule has 3 N–H and O–H groups in total. The van der Waals surface area contributed by atoms with Gasteiger partial charge in [0.1, 0.15) is 5.67 Å². The fraction of sp³-hybridized carbons (Fsp3) is 1.00. The molecule has 1 saturated heterocycles. The summed E-state index contributed by atoms with van der Waals surface area (Å²) in [7, 11) is -2.88. The van der Waals surface area contributed by atoms with Gasteiger partial charge < -0.3 is 11.1 Å². The third kappa shape index (κ3) is 2.93. The van der Waals surface area contributed by atoms with Gasteiger partial charge in [0.15, 0.2) is 9.84 Å². The van der Waals surface area contributed by atoms with Crippen molar-refractivity contribution < 1.29 is 12.8 Å². The summed E-state index contributed by atoms with van der Waals surface area (Å²) in [5.41, 5.74) is 4.44. The first kappa shape index (κ1) is 12.3. The van der Waals surface area contributed by atoms with E-state index in [1.807, 2.05) is 0 Å². The quantitative estimate of drug-likeness (QED) is 0.738. The average molecular weight is 250 g/mol. The molecule has 94 valence electrons. The van der Waals surface area contributed by atoms with E-state index in [9.17, 15) is 12.8 Å². The van der Waals surface area contributed by atoms with E-state index in [2.05, 4.69) is 5.32 Å². The van der Waals surface area contributed by atoms with E-state index >= 15 is 0 Å². The summed E-state index contributed by atoms with van der Waals surface area (Å²) in [5, 5.41) is 3.03. The molecule has 2 fully saturated rings. The van der Waals surface area contributed by atoms with Crippen molar-refractivity contribution in [1.29, 1.82) is 0 Å². The predicted octanol–water partition coefficient (Wildman–Crippen LogP) is -0.0174. The Balaban J connectivity index is 1.80. The minimum absolute atomic E-state index is 0.0425. The Bertz CT molecular complexity index is 360. The van der Waals surface area contributed by atoms with E-state index < -0.39 is 15.5 Å². The van der Waals surface area contributed by atoms with Gasteiger partial charge in [0.25, 0.3) is 0 Å². The molecule has 16 heavy (non-hydrogen) atoms. The molecule has 2 aliphatic rings. The Kier molecular flexibility index (Phi) is 3.25. The molecule has 0 aromatic heterocycles. The van der Waals surface area contributed by atoms with Gasteiger partial charge >= 0.3 is 0 Å². The van der Waals surface area contributed by atoms with Crippen LogP contribution in [0, 0.1) is 0 Å². The average Bonchev–Trinajstić information content (AvgIpc) is 2.68. The third-order valence-electron chi connectivity index (χ3n) is 3.53. The van der Waals surface area contributed by atoms with Crippen molar-refractivity contribution in [2.45, 2.75) is 43.4 Å². The van der Waals surface area contributed by atoms with Crippen LogP contribution in [0.4, 0.5) is 4.39 Å². The summed E-state index contributed by atoms with van der Waals surface area (Å²) in [6, 6.07) is -0.117. The topological polar surface area (TPSA) is 72.2 Å². The van der Waals surface area contributed by atoms with Gasteiger partial charge in [-0.15, -0.1) is 0 Å². The van der Waals surface area contributed by atoms with Crippen LogP contribution in [0.3, 0.4) is 0 Å². The molecule has 0 amide bonds. The summed E-state index contributed by atoms with van der Waals surface area (Å²) >= 11 is 0. The normalized spacial score (nSPS) is 42.6. The highest BCUT2D eigenvalue weighted by molar-refractivity contribution is 7.91. The van der Waals surface area contributed by atoms with Crippen molar-refractivity contribution in [3.63, 3.8) is 0 Å². The number of nitrogens with two attached hydrogens (primary N) is 1. The van der Waals surface area contributed by atoms with Crippen LogP contribution in [0.2, 0.25) is 0 Å². The zero-order chi connectivity index (χ0) is 11.8. The lowest BCUT2D eigenvalue weighted by molar-refractivity contribution is 0.162. The summed E-state index contributed by atoms with van der Waals surface area (Å²) in [6.45, 7) is 0.237. The maximum atomic E-state index is 14.1. The summed E-state index contributed by atoms with van der Waals surface area (Å²) in [6.07, 6.45) is 2.20. The van der Waals surface area contributed by atoms with Crippen LogP contribution in [0.15, 0.2) is 0 Å². The molecule has 1 aliphatic heterocycles. The van der Waals surface area contributed by atoms with Crippen LogP contribution in [0.5, 0.6) is 0 Å². The molecule has 6 heteroatoms. The van der Waals surface area contributed by atoms with E-state index in [0.29, 0.717) is 19.3 Å². The number of hydrogen-bond donors (Lipinski definition) is 2. The molecular weight excluding hydrogens is 231 g/mol. The van der Waals surface area contributed by atoms with E-state index in [-0.39, 0.29) is 30.1 Å². The summed E-state index contributed by atoms with van der Waals surface area (Å²) in [5.74, 6) is 0.374. The van der Waals surface area contributed by atoms with Gasteiger partial charge in [-0.25, -0.2) is 12.8 Å². The van der Waals surface area contributed by atoms with Crippen LogP contribution < -0.4 is 11.1 Å². The smallest absolute Gasteiger partial charge is 0.151 e. The molecule has 0 aromatic rings. The number of sulfone groups is 1. The van der Waals surface area contributed by atoms with Crippen molar-refractivity contribution in [3.05, 3.63) is 0 Å². The Morgan fingerprint density at radius 2 is 2.19 bits per heavy atom. The first-order valence-electron chi connectivity index (χ1n) is 5.77. The molecule has 0 bridgehead atoms. The van der Waals surface area contributed by atoms with Crippen LogP contribution in [-0.2, 0) is 9.84 Å². The number of halogens is 1. The second-order valence-corrected chi connectivity index (χ2v) is 7.36. The summed E-state index contributed by atoms with van der Waals surface area (Å²) < 4.78 is 36.5. The van der Waals surface area contributed by atoms with Crippen molar-refractivity contribution in [3.8, 4) is 0 Å². The minimum atomic E-state index is -2.88. The van der Waals surface area contributed by atoms with Crippen molar-refractivity contribution >= 4 is 9.84 Å². The molecule has 3 unspecified atom stereocenters. The maximum absolute atomic E-state index is 14.1. The lowest BCUT2D eigenvalue weighted by atomic mass is 10.0. The molecule has 0 aromatic carbocycles. The van der Waals surface area contributed by atoms with Crippen LogP contribution in [-0.4, -0.2) is 44.2 Å². The van der Waals surface area contributed by atoms with Gasteiger partial charge in [-0.2, -0.15) is 0 Å². The van der Waals surface area contributed by atoms with Gasteiger partial charge in [-0.05, 0) is 25.7 Å². The fourth-order valence-corrected chi connectivity index (χ4v) is 4.27. The van der Waals surface area contributed by atoms with E-state index in [0.717, 1.165) is 6.42 Å². The SMILES string of the molecule is NC1CCC(F)(CNC2CCS(=O)(=O)C2)C1. The Labute approximate surface area is 95.7 Å². The van der Waals surface area contributed by atoms with Crippen LogP contribution >= 0.6 is 0 Å². The Morgan fingerprint density at radius 3 is 2.69 bits per heavy atom. The van der Waals surface area contributed by atoms with Gasteiger partial charge in [0, 0.05) is 18.6 Å². The lowest BCUT2D eigenvalue weighted by Crippen LogP contribution is -2.41. The van der Waals surface area contributed by atoms with Crippen molar-refractivity contribution in [1.82, 2.24) is 5.32 Å². The zero-order valence-electron chi connectivity index (χ0n) is 9.28. The van der Waals surface area contributed by atoms with E-state index in [4.69, 9.17) is 5.73 Å². The molecule has 4 nitrogen and oxygen atoms in total. The minimum Gasteiger partial charge on any atom is -0.328 e. The Hall–Kier alpha value is -0.200. The van der Waals surface area contributed by atoms with Crippen molar-refractivity contribution in [2.24, 2.45) is 5.73 Å². The van der Waals surface area contributed by atoms with Crippen LogP contribution in [0.1, 0.15) is 25.7 Å². The lowest BCUT2D eigenvalue weighted by Gasteiger charge is -2.22. The molecule has 1 heterocycles. The first-order valence-corrected chi connectivity index (χ1v) is 7.59. The third-order valence-corrected chi connectivity index (χ3v) is 5.30. The van der Waals surface area contributed by atoms with Crippen LogP contribution in [0.25, 0.3) is 0 Å². The highest BCUT2D eigenvalue weighted by Crippen LogP contribution is 2.32. The number of rotatable bonds is 3. The largest absolute Gasteiger partial charge is 0.328 e. The highest BCUT2D eigenvalue weighted by atomic mass is 32.2. The number of alkyl halides is 1. The first-order chi connectivity index (χ1) is 7.39. The molecule has 2 rings (SSSR count). The second kappa shape index (κ2) is 4.23. The molecule has 1 saturated carbocycles. The molecule has 0 radical (unpaired) electrons. The highest BCUT2D eigenvalue weighted by Gasteiger charge is 2.39. The molecule has 0 spiro atoms. The van der Waals surface area contributed by atoms with Gasteiger partial charge in [0.2, 0.25) is 0 Å². The van der Waals surface area contributed by atoms with Gasteiger partial charge in [-0.3, -0.25) is 0 Å². The molecule has 3 atom stereocenters. The zero-order valence-corrected chi connectivity index (χ0v) is 10.1. The predicted molar refractivity (Wildman–Crippen MR) is 60.7 cm³/mol. The molecular formula is C10H19FN2O2S. The fourth-order valence-electron chi connectivity index (χ4n) is 2.56. The maximum Gasteiger partial charge on any atom is 0.151 e. The Morgan fingerprint density at radius 1 is 1.44 bits per heavy atom. The number of hydrogen-bond acceptors (Lipinski definition) is 4. The van der Waals surface area contributed by atoms with Gasteiger partial charge in [-0.1, -0.05) is 0 Å².